The van der Waals surface area contributed by atoms with Crippen molar-refractivity contribution in [2.45, 2.75) is 25.9 Å². The number of hydrogen-bond acceptors (Lipinski definition) is 4. The van der Waals surface area contributed by atoms with E-state index in [0.29, 0.717) is 12.2 Å². The minimum atomic E-state index is -0.698. The van der Waals surface area contributed by atoms with Crippen LogP contribution in [0.15, 0.2) is 48.7 Å². The van der Waals surface area contributed by atoms with E-state index >= 15 is 0 Å². The number of phenols is 1. The largest absolute Gasteiger partial charge is 0.504 e. The molecular formula is C21H23N3O4. The molecule has 0 aliphatic rings. The van der Waals surface area contributed by atoms with Crippen LogP contribution in [0.3, 0.4) is 0 Å². The standard InChI is InChI=1S/C21H23N3O4/c1-13(25)24-18(10-15-12-22-17-6-4-3-5-16(15)17)21(27)23-11-14-7-8-19(26)20(9-14)28-2/h3-9,12,18,22,26H,10-11H2,1-2H3,(H,23,27)(H,24,25). The summed E-state index contributed by atoms with van der Waals surface area (Å²) in [4.78, 5) is 27.5. The van der Waals surface area contributed by atoms with Crippen molar-refractivity contribution in [2.75, 3.05) is 7.11 Å². The number of aromatic nitrogens is 1. The highest BCUT2D eigenvalue weighted by Gasteiger charge is 2.21. The van der Waals surface area contributed by atoms with Gasteiger partial charge in [0.05, 0.1) is 7.11 Å². The molecule has 1 atom stereocenters. The Morgan fingerprint density at radius 2 is 2.00 bits per heavy atom. The number of rotatable bonds is 7. The molecule has 2 amide bonds. The number of para-hydroxylation sites is 1. The van der Waals surface area contributed by atoms with E-state index in [9.17, 15) is 14.7 Å². The van der Waals surface area contributed by atoms with Gasteiger partial charge in [-0.1, -0.05) is 24.3 Å². The lowest BCUT2D eigenvalue weighted by atomic mass is 10.0. The number of hydrogen-bond donors (Lipinski definition) is 4. The molecule has 1 unspecified atom stereocenters. The molecule has 0 saturated carbocycles. The highest BCUT2D eigenvalue weighted by Crippen LogP contribution is 2.26. The Labute approximate surface area is 162 Å². The van der Waals surface area contributed by atoms with Crippen molar-refractivity contribution in [2.24, 2.45) is 0 Å². The van der Waals surface area contributed by atoms with Crippen LogP contribution < -0.4 is 15.4 Å². The summed E-state index contributed by atoms with van der Waals surface area (Å²) < 4.78 is 5.08. The first kappa shape index (κ1) is 19.3. The van der Waals surface area contributed by atoms with Crippen LogP contribution in [0, 0.1) is 0 Å². The molecule has 2 aromatic carbocycles. The number of ether oxygens (including phenoxy) is 1. The predicted molar refractivity (Wildman–Crippen MR) is 106 cm³/mol. The summed E-state index contributed by atoms with van der Waals surface area (Å²) in [6.07, 6.45) is 2.23. The Kier molecular flexibility index (Phi) is 5.84. The third-order valence-corrected chi connectivity index (χ3v) is 4.50. The Morgan fingerprint density at radius 1 is 1.21 bits per heavy atom. The summed E-state index contributed by atoms with van der Waals surface area (Å²) in [5, 5.41) is 16.2. The lowest BCUT2D eigenvalue weighted by Gasteiger charge is -2.18. The number of amides is 2. The number of carbonyl (C=O) groups is 2. The SMILES string of the molecule is COc1cc(CNC(=O)C(Cc2c[nH]c3ccccc23)NC(C)=O)ccc1O. The number of fused-ring (bicyclic) bond motifs is 1. The number of phenolic OH excluding ortho intramolecular Hbond substituents is 1. The molecule has 146 valence electrons. The van der Waals surface area contributed by atoms with Crippen LogP contribution >= 0.6 is 0 Å². The number of carbonyl (C=O) groups excluding carboxylic acids is 2. The highest BCUT2D eigenvalue weighted by atomic mass is 16.5. The maximum absolute atomic E-state index is 12.7. The van der Waals surface area contributed by atoms with Gasteiger partial charge in [-0.15, -0.1) is 0 Å². The van der Waals surface area contributed by atoms with Crippen LogP contribution in [0.5, 0.6) is 11.5 Å². The van der Waals surface area contributed by atoms with Crippen molar-refractivity contribution in [1.82, 2.24) is 15.6 Å². The van der Waals surface area contributed by atoms with Gasteiger partial charge < -0.3 is 25.5 Å². The van der Waals surface area contributed by atoms with Gasteiger partial charge in [0.2, 0.25) is 11.8 Å². The van der Waals surface area contributed by atoms with E-state index in [2.05, 4.69) is 15.6 Å². The lowest BCUT2D eigenvalue weighted by Crippen LogP contribution is -2.47. The third kappa shape index (κ3) is 4.43. The number of aromatic amines is 1. The molecule has 0 radical (unpaired) electrons. The van der Waals surface area contributed by atoms with Gasteiger partial charge in [0.25, 0.3) is 0 Å². The van der Waals surface area contributed by atoms with Gasteiger partial charge >= 0.3 is 0 Å². The van der Waals surface area contributed by atoms with Gasteiger partial charge in [-0.2, -0.15) is 0 Å². The molecule has 0 saturated heterocycles. The first-order valence-corrected chi connectivity index (χ1v) is 8.93. The summed E-state index contributed by atoms with van der Waals surface area (Å²) in [7, 11) is 1.46. The van der Waals surface area contributed by atoms with Gasteiger partial charge in [-0.05, 0) is 29.3 Å². The van der Waals surface area contributed by atoms with Crippen LogP contribution in [-0.2, 0) is 22.6 Å². The van der Waals surface area contributed by atoms with Crippen molar-refractivity contribution >= 4 is 22.7 Å². The summed E-state index contributed by atoms with van der Waals surface area (Å²) in [5.41, 5.74) is 2.71. The van der Waals surface area contributed by atoms with Crippen LogP contribution in [0.4, 0.5) is 0 Å². The van der Waals surface area contributed by atoms with E-state index in [4.69, 9.17) is 4.74 Å². The minimum Gasteiger partial charge on any atom is -0.504 e. The third-order valence-electron chi connectivity index (χ3n) is 4.50. The molecule has 4 N–H and O–H groups in total. The Balaban J connectivity index is 1.72. The van der Waals surface area contributed by atoms with Crippen LogP contribution in [0.2, 0.25) is 0 Å². The van der Waals surface area contributed by atoms with Crippen molar-refractivity contribution in [3.8, 4) is 11.5 Å². The summed E-state index contributed by atoms with van der Waals surface area (Å²) in [6.45, 7) is 1.64. The zero-order chi connectivity index (χ0) is 20.1. The smallest absolute Gasteiger partial charge is 0.243 e. The maximum Gasteiger partial charge on any atom is 0.243 e. The van der Waals surface area contributed by atoms with Crippen LogP contribution in [-0.4, -0.2) is 35.1 Å². The Morgan fingerprint density at radius 3 is 2.75 bits per heavy atom. The van der Waals surface area contributed by atoms with Crippen molar-refractivity contribution < 1.29 is 19.4 Å². The van der Waals surface area contributed by atoms with Gasteiger partial charge in [-0.3, -0.25) is 9.59 Å². The number of benzene rings is 2. The first-order valence-electron chi connectivity index (χ1n) is 8.93. The van der Waals surface area contributed by atoms with Gasteiger partial charge in [-0.25, -0.2) is 0 Å². The van der Waals surface area contributed by atoms with Crippen molar-refractivity contribution in [3.63, 3.8) is 0 Å². The highest BCUT2D eigenvalue weighted by molar-refractivity contribution is 5.89. The molecule has 1 heterocycles. The van der Waals surface area contributed by atoms with E-state index in [1.165, 1.54) is 20.1 Å². The molecule has 0 aliphatic carbocycles. The molecule has 0 fully saturated rings. The zero-order valence-corrected chi connectivity index (χ0v) is 15.8. The van der Waals surface area contributed by atoms with Crippen molar-refractivity contribution in [1.29, 1.82) is 0 Å². The van der Waals surface area contributed by atoms with Gasteiger partial charge in [0, 0.05) is 37.0 Å². The first-order chi connectivity index (χ1) is 13.5. The fourth-order valence-electron chi connectivity index (χ4n) is 3.12. The summed E-state index contributed by atoms with van der Waals surface area (Å²) in [6, 6.07) is 12.0. The quantitative estimate of drug-likeness (QED) is 0.504. The Bertz CT molecular complexity index is 996. The molecule has 7 nitrogen and oxygen atoms in total. The average molecular weight is 381 g/mol. The van der Waals surface area contributed by atoms with Crippen LogP contribution in [0.25, 0.3) is 10.9 Å². The van der Waals surface area contributed by atoms with E-state index in [0.717, 1.165) is 22.0 Å². The second-order valence-corrected chi connectivity index (χ2v) is 6.54. The fourth-order valence-corrected chi connectivity index (χ4v) is 3.12. The molecule has 28 heavy (non-hydrogen) atoms. The molecule has 0 bridgehead atoms. The van der Waals surface area contributed by atoms with E-state index in [1.807, 2.05) is 30.5 Å². The second-order valence-electron chi connectivity index (χ2n) is 6.54. The second kappa shape index (κ2) is 8.47. The number of aromatic hydroxyl groups is 1. The molecule has 7 heteroatoms. The summed E-state index contributed by atoms with van der Waals surface area (Å²) in [5.74, 6) is -0.184. The van der Waals surface area contributed by atoms with Crippen LogP contribution in [0.1, 0.15) is 18.1 Å². The molecule has 0 aliphatic heterocycles. The molecular weight excluding hydrogens is 358 g/mol. The fraction of sp³-hybridized carbons (Fsp3) is 0.238. The van der Waals surface area contributed by atoms with Gasteiger partial charge in [0.1, 0.15) is 6.04 Å². The summed E-state index contributed by atoms with van der Waals surface area (Å²) >= 11 is 0. The zero-order valence-electron chi connectivity index (χ0n) is 15.8. The van der Waals surface area contributed by atoms with Crippen molar-refractivity contribution in [3.05, 3.63) is 59.8 Å². The van der Waals surface area contributed by atoms with E-state index in [1.54, 1.807) is 12.1 Å². The monoisotopic (exact) mass is 381 g/mol. The van der Waals surface area contributed by atoms with Gasteiger partial charge in [0.15, 0.2) is 11.5 Å². The van der Waals surface area contributed by atoms with E-state index < -0.39 is 6.04 Å². The lowest BCUT2D eigenvalue weighted by molar-refractivity contribution is -0.128. The normalized spacial score (nSPS) is 11.8. The molecule has 3 rings (SSSR count). The molecule has 0 spiro atoms. The number of H-pyrrole nitrogens is 1. The predicted octanol–water partition coefficient (Wildman–Crippen LogP) is 2.25. The number of methoxy groups -OCH3 is 1. The maximum atomic E-state index is 12.7. The average Bonchev–Trinajstić information content (AvgIpc) is 3.09. The molecule has 3 aromatic rings. The topological polar surface area (TPSA) is 103 Å². The van der Waals surface area contributed by atoms with E-state index in [-0.39, 0.29) is 24.1 Å². The Hall–Kier alpha value is -3.48. The molecule has 1 aromatic heterocycles. The number of nitrogens with one attached hydrogen (secondary N) is 3. The minimum absolute atomic E-state index is 0.0352.